The van der Waals surface area contributed by atoms with Crippen LogP contribution in [0.15, 0.2) is 29.3 Å². The Morgan fingerprint density at radius 3 is 2.53 bits per heavy atom. The van der Waals surface area contributed by atoms with Gasteiger partial charge in [0.1, 0.15) is 5.75 Å². The maximum absolute atomic E-state index is 13.0. The van der Waals surface area contributed by atoms with Gasteiger partial charge < -0.3 is 9.84 Å². The van der Waals surface area contributed by atoms with E-state index in [4.69, 9.17) is 4.74 Å². The first-order chi connectivity index (χ1) is 13.9. The molecule has 0 unspecified atom stereocenters. The largest absolute Gasteiger partial charge is 0.507 e. The minimum atomic E-state index is -4.63. The fourth-order valence-electron chi connectivity index (χ4n) is 3.61. The van der Waals surface area contributed by atoms with Crippen molar-refractivity contribution in [2.75, 3.05) is 6.61 Å². The summed E-state index contributed by atoms with van der Waals surface area (Å²) >= 11 is 0. The van der Waals surface area contributed by atoms with Gasteiger partial charge in [0.15, 0.2) is 5.49 Å². The predicted molar refractivity (Wildman–Crippen MR) is 104 cm³/mol. The fourth-order valence-corrected chi connectivity index (χ4v) is 3.61. The molecule has 1 saturated heterocycles. The van der Waals surface area contributed by atoms with Crippen LogP contribution in [0.3, 0.4) is 0 Å². The van der Waals surface area contributed by atoms with E-state index in [2.05, 4.69) is 4.99 Å². The predicted octanol–water partition coefficient (Wildman–Crippen LogP) is 3.77. The summed E-state index contributed by atoms with van der Waals surface area (Å²) in [4.78, 5) is 16.8. The Labute approximate surface area is 172 Å². The molecule has 1 amide bonds. The van der Waals surface area contributed by atoms with Crippen molar-refractivity contribution >= 4 is 5.91 Å². The average molecular weight is 425 g/mol. The number of carbonyl (C=O) groups is 1. The van der Waals surface area contributed by atoms with E-state index in [0.29, 0.717) is 24.7 Å². The van der Waals surface area contributed by atoms with Crippen LogP contribution in [0.25, 0.3) is 0 Å². The van der Waals surface area contributed by atoms with E-state index in [-0.39, 0.29) is 11.5 Å². The molecule has 164 valence electrons. The molecule has 1 atom stereocenters. The molecule has 2 heterocycles. The van der Waals surface area contributed by atoms with Crippen LogP contribution in [0, 0.1) is 0 Å². The quantitative estimate of drug-likeness (QED) is 0.814. The summed E-state index contributed by atoms with van der Waals surface area (Å²) < 4.78 is 48.4. The topological polar surface area (TPSA) is 68.8 Å². The van der Waals surface area contributed by atoms with E-state index < -0.39 is 29.0 Å². The molecule has 6 nitrogen and oxygen atoms in total. The number of nitrogens with zero attached hydrogens (tertiary/aromatic N) is 3. The Morgan fingerprint density at radius 1 is 1.27 bits per heavy atom. The number of rotatable bonds is 3. The smallest absolute Gasteiger partial charge is 0.416 e. The molecule has 2 aromatic rings. The van der Waals surface area contributed by atoms with Gasteiger partial charge in [-0.25, -0.2) is 0 Å². The normalized spacial score (nSPS) is 18.2. The number of aromatic hydroxyl groups is 1. The van der Waals surface area contributed by atoms with Crippen LogP contribution in [0.1, 0.15) is 55.2 Å². The molecule has 9 heteroatoms. The second-order valence-corrected chi connectivity index (χ2v) is 8.53. The number of aromatic nitrogens is 2. The van der Waals surface area contributed by atoms with E-state index in [1.165, 1.54) is 0 Å². The lowest BCUT2D eigenvalue weighted by Crippen LogP contribution is -2.30. The Hall–Kier alpha value is -2.55. The minimum Gasteiger partial charge on any atom is -0.507 e. The monoisotopic (exact) mass is 425 g/mol. The molecule has 0 spiro atoms. The summed E-state index contributed by atoms with van der Waals surface area (Å²) in [6, 6.07) is 3.96. The molecule has 3 rings (SSSR count). The standard InChI is InChI=1S/C21H26F3N3O3/c1-20(2,3)17-11-18(27(26(17)4)12-14-6-5-9-30-14)25-19(29)15-10-13(21(22,23)24)7-8-16(15)28/h7-8,10-11,14,28H,5-6,9,12H2,1-4H3/t14-/m1/s1. The minimum absolute atomic E-state index is 0.0255. The number of alkyl halides is 3. The molecule has 1 aliphatic rings. The Kier molecular flexibility index (Phi) is 5.86. The van der Waals surface area contributed by atoms with Gasteiger partial charge in [-0.3, -0.25) is 14.2 Å². The summed E-state index contributed by atoms with van der Waals surface area (Å²) in [7, 11) is 1.85. The Morgan fingerprint density at radius 2 is 1.97 bits per heavy atom. The van der Waals surface area contributed by atoms with Gasteiger partial charge in [0, 0.05) is 30.8 Å². The van der Waals surface area contributed by atoms with Gasteiger partial charge in [0.2, 0.25) is 0 Å². The van der Waals surface area contributed by atoms with Gasteiger partial charge in [-0.05, 0) is 31.0 Å². The van der Waals surface area contributed by atoms with Crippen molar-refractivity contribution in [1.29, 1.82) is 0 Å². The van der Waals surface area contributed by atoms with Crippen molar-refractivity contribution in [3.8, 4) is 5.75 Å². The molecule has 0 saturated carbocycles. The number of amides is 1. The maximum Gasteiger partial charge on any atom is 0.416 e. The van der Waals surface area contributed by atoms with Crippen molar-refractivity contribution in [3.05, 3.63) is 46.6 Å². The van der Waals surface area contributed by atoms with Crippen LogP contribution in [-0.4, -0.2) is 33.1 Å². The Bertz CT molecular complexity index is 1010. The molecule has 1 aliphatic heterocycles. The molecule has 30 heavy (non-hydrogen) atoms. The average Bonchev–Trinajstić information content (AvgIpc) is 3.24. The van der Waals surface area contributed by atoms with E-state index in [1.807, 2.05) is 32.5 Å². The van der Waals surface area contributed by atoms with Crippen LogP contribution in [0.4, 0.5) is 13.2 Å². The van der Waals surface area contributed by atoms with Crippen LogP contribution >= 0.6 is 0 Å². The summed E-state index contributed by atoms with van der Waals surface area (Å²) in [5.74, 6) is -1.49. The molecular formula is C21H26F3N3O3. The second-order valence-electron chi connectivity index (χ2n) is 8.53. The summed E-state index contributed by atoms with van der Waals surface area (Å²) in [5.41, 5.74) is -0.549. The van der Waals surface area contributed by atoms with Crippen molar-refractivity contribution in [1.82, 2.24) is 9.36 Å². The lowest BCUT2D eigenvalue weighted by atomic mass is 9.92. The molecule has 1 N–H and O–H groups in total. The molecule has 1 aromatic heterocycles. The summed E-state index contributed by atoms with van der Waals surface area (Å²) in [6.45, 7) is 7.19. The highest BCUT2D eigenvalue weighted by Gasteiger charge is 2.32. The number of ether oxygens (including phenoxy) is 1. The molecular weight excluding hydrogens is 399 g/mol. The van der Waals surface area contributed by atoms with Crippen LogP contribution in [0.5, 0.6) is 5.75 Å². The summed E-state index contributed by atoms with van der Waals surface area (Å²) in [6.07, 6.45) is -2.83. The SMILES string of the molecule is Cn1c(C(C)(C)C)cc(=NC(=O)c2cc(C(F)(F)F)ccc2O)n1C[C@H]1CCCO1. The van der Waals surface area contributed by atoms with Gasteiger partial charge in [0.25, 0.3) is 5.91 Å². The van der Waals surface area contributed by atoms with E-state index in [1.54, 1.807) is 10.7 Å². The third kappa shape index (κ3) is 4.61. The number of hydrogen-bond donors (Lipinski definition) is 1. The maximum atomic E-state index is 13.0. The first-order valence-electron chi connectivity index (χ1n) is 9.76. The van der Waals surface area contributed by atoms with Gasteiger partial charge in [-0.2, -0.15) is 18.2 Å². The highest BCUT2D eigenvalue weighted by molar-refractivity contribution is 5.97. The Balaban J connectivity index is 2.08. The molecule has 0 aliphatic carbocycles. The lowest BCUT2D eigenvalue weighted by molar-refractivity contribution is -0.137. The molecule has 1 fully saturated rings. The van der Waals surface area contributed by atoms with E-state index in [9.17, 15) is 23.1 Å². The van der Waals surface area contributed by atoms with Gasteiger partial charge in [-0.15, -0.1) is 0 Å². The van der Waals surface area contributed by atoms with Crippen molar-refractivity contribution in [2.45, 2.75) is 57.9 Å². The zero-order chi connectivity index (χ0) is 22.3. The number of phenols is 1. The second kappa shape index (κ2) is 7.94. The van der Waals surface area contributed by atoms with Gasteiger partial charge >= 0.3 is 6.18 Å². The third-order valence-electron chi connectivity index (χ3n) is 5.18. The van der Waals surface area contributed by atoms with Gasteiger partial charge in [0.05, 0.1) is 23.8 Å². The van der Waals surface area contributed by atoms with Crippen molar-refractivity contribution in [3.63, 3.8) is 0 Å². The van der Waals surface area contributed by atoms with Crippen LogP contribution in [-0.2, 0) is 29.9 Å². The number of hydrogen-bond acceptors (Lipinski definition) is 3. The molecule has 0 bridgehead atoms. The third-order valence-corrected chi connectivity index (χ3v) is 5.18. The van der Waals surface area contributed by atoms with Crippen molar-refractivity contribution in [2.24, 2.45) is 12.0 Å². The number of halogens is 3. The number of carbonyl (C=O) groups excluding carboxylic acids is 1. The number of benzene rings is 1. The molecule has 0 radical (unpaired) electrons. The lowest BCUT2D eigenvalue weighted by Gasteiger charge is -2.21. The van der Waals surface area contributed by atoms with Gasteiger partial charge in [-0.1, -0.05) is 20.8 Å². The first-order valence-corrected chi connectivity index (χ1v) is 9.76. The molecule has 1 aromatic carbocycles. The van der Waals surface area contributed by atoms with Crippen LogP contribution in [0.2, 0.25) is 0 Å². The van der Waals surface area contributed by atoms with E-state index in [0.717, 1.165) is 30.7 Å². The summed E-state index contributed by atoms with van der Waals surface area (Å²) in [5, 5.41) is 9.96. The zero-order valence-corrected chi connectivity index (χ0v) is 17.5. The first kappa shape index (κ1) is 22.1. The fraction of sp³-hybridized carbons (Fsp3) is 0.524. The highest BCUT2D eigenvalue weighted by atomic mass is 19.4. The number of phenolic OH excluding ortho intramolecular Hbond substituents is 1. The van der Waals surface area contributed by atoms with E-state index >= 15 is 0 Å². The zero-order valence-electron chi connectivity index (χ0n) is 17.5. The van der Waals surface area contributed by atoms with Crippen molar-refractivity contribution < 1.29 is 27.8 Å². The highest BCUT2D eigenvalue weighted by Crippen LogP contribution is 2.32. The van der Waals surface area contributed by atoms with Crippen LogP contribution < -0.4 is 5.49 Å².